The predicted octanol–water partition coefficient (Wildman–Crippen LogP) is 6.14. The lowest BCUT2D eigenvalue weighted by Gasteiger charge is -2.32. The summed E-state index contributed by atoms with van der Waals surface area (Å²) < 4.78 is 29.4. The Morgan fingerprint density at radius 1 is 0.949 bits per heavy atom. The predicted molar refractivity (Wildman–Crippen MR) is 159 cm³/mol. The second-order valence-electron chi connectivity index (χ2n) is 9.38. The summed E-state index contributed by atoms with van der Waals surface area (Å²) in [6.07, 6.45) is 0. The highest BCUT2D eigenvalue weighted by Crippen LogP contribution is 2.33. The number of halogens is 3. The molecular formula is C28H30BrCl2N3O4S. The minimum atomic E-state index is -4.23. The third-order valence-electron chi connectivity index (χ3n) is 5.90. The van der Waals surface area contributed by atoms with Crippen molar-refractivity contribution in [2.24, 2.45) is 5.92 Å². The van der Waals surface area contributed by atoms with Crippen molar-refractivity contribution in [3.05, 3.63) is 92.9 Å². The van der Waals surface area contributed by atoms with Gasteiger partial charge in [-0.15, -0.1) is 0 Å². The van der Waals surface area contributed by atoms with E-state index in [1.807, 2.05) is 38.1 Å². The first-order valence-electron chi connectivity index (χ1n) is 12.2. The summed E-state index contributed by atoms with van der Waals surface area (Å²) in [5.41, 5.74) is 0.829. The third-order valence-corrected chi connectivity index (χ3v) is 8.76. The van der Waals surface area contributed by atoms with Crippen molar-refractivity contribution in [1.29, 1.82) is 0 Å². The third kappa shape index (κ3) is 8.20. The molecule has 3 aromatic rings. The van der Waals surface area contributed by atoms with Crippen molar-refractivity contribution in [3.63, 3.8) is 0 Å². The van der Waals surface area contributed by atoms with E-state index < -0.39 is 28.5 Å². The van der Waals surface area contributed by atoms with Crippen LogP contribution in [0.3, 0.4) is 0 Å². The maximum absolute atomic E-state index is 13.9. The van der Waals surface area contributed by atoms with Crippen LogP contribution in [0.5, 0.6) is 0 Å². The van der Waals surface area contributed by atoms with Gasteiger partial charge in [-0.1, -0.05) is 83.3 Å². The first-order valence-corrected chi connectivity index (χ1v) is 15.2. The van der Waals surface area contributed by atoms with E-state index in [1.165, 1.54) is 35.2 Å². The van der Waals surface area contributed by atoms with Gasteiger partial charge in [0.2, 0.25) is 11.8 Å². The summed E-state index contributed by atoms with van der Waals surface area (Å²) in [4.78, 5) is 28.3. The van der Waals surface area contributed by atoms with Gasteiger partial charge in [-0.05, 0) is 60.9 Å². The highest BCUT2D eigenvalue weighted by atomic mass is 79.9. The SMILES string of the molecule is CC(C)CNC(=O)[C@H](C)N(Cc1ccc(Br)cc1)C(=O)CN(c1cc(Cl)ccc1Cl)S(=O)(=O)c1ccccc1. The summed E-state index contributed by atoms with van der Waals surface area (Å²) in [7, 11) is -4.23. The average Bonchev–Trinajstić information content (AvgIpc) is 2.91. The molecule has 3 rings (SSSR count). The molecule has 0 saturated carbocycles. The van der Waals surface area contributed by atoms with Crippen LogP contribution in [-0.4, -0.2) is 44.3 Å². The molecule has 0 unspecified atom stereocenters. The van der Waals surface area contributed by atoms with Crippen LogP contribution in [0.1, 0.15) is 26.3 Å². The van der Waals surface area contributed by atoms with E-state index >= 15 is 0 Å². The fourth-order valence-electron chi connectivity index (χ4n) is 3.73. The summed E-state index contributed by atoms with van der Waals surface area (Å²) in [6, 6.07) is 18.6. The lowest BCUT2D eigenvalue weighted by Crippen LogP contribution is -2.51. The van der Waals surface area contributed by atoms with Crippen molar-refractivity contribution in [2.45, 2.75) is 38.3 Å². The van der Waals surface area contributed by atoms with Gasteiger partial charge in [0.15, 0.2) is 0 Å². The number of rotatable bonds is 11. The van der Waals surface area contributed by atoms with Crippen LogP contribution in [0.2, 0.25) is 10.0 Å². The Hall–Kier alpha value is -2.59. The van der Waals surface area contributed by atoms with Gasteiger partial charge in [-0.25, -0.2) is 8.42 Å². The monoisotopic (exact) mass is 653 g/mol. The zero-order chi connectivity index (χ0) is 28.7. The van der Waals surface area contributed by atoms with Crippen LogP contribution >= 0.6 is 39.1 Å². The summed E-state index contributed by atoms with van der Waals surface area (Å²) in [6.45, 7) is 5.49. The van der Waals surface area contributed by atoms with Crippen molar-refractivity contribution >= 4 is 66.7 Å². The Bertz CT molecular complexity index is 1400. The van der Waals surface area contributed by atoms with E-state index in [0.29, 0.717) is 6.54 Å². The van der Waals surface area contributed by atoms with E-state index in [-0.39, 0.29) is 39.0 Å². The number of amides is 2. The van der Waals surface area contributed by atoms with Gasteiger partial charge >= 0.3 is 0 Å². The summed E-state index contributed by atoms with van der Waals surface area (Å²) in [5, 5.41) is 3.22. The van der Waals surface area contributed by atoms with E-state index in [1.54, 1.807) is 25.1 Å². The Balaban J connectivity index is 2.03. The first kappa shape index (κ1) is 30.9. The highest BCUT2D eigenvalue weighted by Gasteiger charge is 2.33. The molecule has 0 radical (unpaired) electrons. The van der Waals surface area contributed by atoms with Crippen molar-refractivity contribution < 1.29 is 18.0 Å². The second kappa shape index (κ2) is 13.7. The molecule has 208 valence electrons. The van der Waals surface area contributed by atoms with E-state index in [2.05, 4.69) is 21.2 Å². The molecule has 7 nitrogen and oxygen atoms in total. The van der Waals surface area contributed by atoms with Crippen molar-refractivity contribution in [3.8, 4) is 0 Å². The van der Waals surface area contributed by atoms with Gasteiger partial charge in [0.05, 0.1) is 15.6 Å². The summed E-state index contributed by atoms with van der Waals surface area (Å²) in [5.74, 6) is -0.707. The van der Waals surface area contributed by atoms with Crippen LogP contribution in [0.15, 0.2) is 82.2 Å². The number of anilines is 1. The quantitative estimate of drug-likeness (QED) is 0.269. The van der Waals surface area contributed by atoms with Gasteiger partial charge in [-0.2, -0.15) is 0 Å². The fourth-order valence-corrected chi connectivity index (χ4v) is 5.88. The molecule has 11 heteroatoms. The molecule has 0 aliphatic heterocycles. The van der Waals surface area contributed by atoms with Crippen LogP contribution in [0.4, 0.5) is 5.69 Å². The molecule has 0 aliphatic carbocycles. The Kier molecular flexibility index (Phi) is 10.8. The van der Waals surface area contributed by atoms with Gasteiger partial charge in [0.1, 0.15) is 12.6 Å². The molecule has 0 aliphatic rings. The summed E-state index contributed by atoms with van der Waals surface area (Å²) >= 11 is 16.0. The molecule has 0 saturated heterocycles. The molecule has 2 amide bonds. The number of hydrogen-bond acceptors (Lipinski definition) is 4. The van der Waals surface area contributed by atoms with Crippen LogP contribution < -0.4 is 9.62 Å². The van der Waals surface area contributed by atoms with E-state index in [4.69, 9.17) is 23.2 Å². The number of sulfonamides is 1. The van der Waals surface area contributed by atoms with Gasteiger partial charge in [0.25, 0.3) is 10.0 Å². The van der Waals surface area contributed by atoms with Crippen molar-refractivity contribution in [1.82, 2.24) is 10.2 Å². The topological polar surface area (TPSA) is 86.8 Å². The zero-order valence-corrected chi connectivity index (χ0v) is 25.7. The van der Waals surface area contributed by atoms with E-state index in [0.717, 1.165) is 14.3 Å². The number of carbonyl (C=O) groups is 2. The minimum Gasteiger partial charge on any atom is -0.354 e. The largest absolute Gasteiger partial charge is 0.354 e. The van der Waals surface area contributed by atoms with E-state index in [9.17, 15) is 18.0 Å². The Labute approximate surface area is 248 Å². The number of nitrogens with zero attached hydrogens (tertiary/aromatic N) is 2. The lowest BCUT2D eigenvalue weighted by atomic mass is 10.1. The lowest BCUT2D eigenvalue weighted by molar-refractivity contribution is -0.139. The number of benzene rings is 3. The molecule has 1 N–H and O–H groups in total. The molecule has 0 spiro atoms. The smallest absolute Gasteiger partial charge is 0.264 e. The highest BCUT2D eigenvalue weighted by molar-refractivity contribution is 9.10. The van der Waals surface area contributed by atoms with Gasteiger partial charge in [0, 0.05) is 22.6 Å². The van der Waals surface area contributed by atoms with Crippen LogP contribution in [0, 0.1) is 5.92 Å². The molecule has 0 bridgehead atoms. The standard InChI is InChI=1S/C28H30BrCl2N3O4S/c1-19(2)16-32-28(36)20(3)33(17-21-9-11-22(29)12-10-21)27(35)18-34(26-15-23(30)13-14-25(26)31)39(37,38)24-7-5-4-6-8-24/h4-15,19-20H,16-18H2,1-3H3,(H,32,36)/t20-/m0/s1. The maximum atomic E-state index is 13.9. The maximum Gasteiger partial charge on any atom is 0.264 e. The number of hydrogen-bond donors (Lipinski definition) is 1. The normalized spacial score (nSPS) is 12.2. The second-order valence-corrected chi connectivity index (χ2v) is 13.0. The molecule has 3 aromatic carbocycles. The molecule has 0 heterocycles. The molecule has 39 heavy (non-hydrogen) atoms. The molecule has 1 atom stereocenters. The average molecular weight is 655 g/mol. The van der Waals surface area contributed by atoms with Gasteiger partial charge in [-0.3, -0.25) is 13.9 Å². The molecular weight excluding hydrogens is 625 g/mol. The minimum absolute atomic E-state index is 0.0176. The molecule has 0 fully saturated rings. The number of carbonyl (C=O) groups excluding carboxylic acids is 2. The van der Waals surface area contributed by atoms with Crippen LogP contribution in [-0.2, 0) is 26.2 Å². The Morgan fingerprint density at radius 3 is 2.21 bits per heavy atom. The number of nitrogens with one attached hydrogen (secondary N) is 1. The van der Waals surface area contributed by atoms with Crippen molar-refractivity contribution in [2.75, 3.05) is 17.4 Å². The Morgan fingerprint density at radius 2 is 1.59 bits per heavy atom. The molecule has 0 aromatic heterocycles. The fraction of sp³-hybridized carbons (Fsp3) is 0.286. The van der Waals surface area contributed by atoms with Gasteiger partial charge < -0.3 is 10.2 Å². The zero-order valence-electron chi connectivity index (χ0n) is 21.8. The first-order chi connectivity index (χ1) is 18.4. The van der Waals surface area contributed by atoms with Crippen LogP contribution in [0.25, 0.3) is 0 Å².